The van der Waals surface area contributed by atoms with Crippen LogP contribution < -0.4 is 0 Å². The Hall–Kier alpha value is -2.10. The van der Waals surface area contributed by atoms with E-state index in [1.165, 1.54) is 11.0 Å². The molecule has 4 heteroatoms. The van der Waals surface area contributed by atoms with Crippen LogP contribution in [0.2, 0.25) is 0 Å². The minimum absolute atomic E-state index is 0.0649. The Kier molecular flexibility index (Phi) is 5.14. The minimum Gasteiger partial charge on any atom is -0.480 e. The van der Waals surface area contributed by atoms with Gasteiger partial charge in [-0.05, 0) is 37.0 Å². The number of aliphatic carboxylic acids is 1. The van der Waals surface area contributed by atoms with Gasteiger partial charge in [0.15, 0.2) is 0 Å². The van der Waals surface area contributed by atoms with Crippen LogP contribution in [0.1, 0.15) is 36.8 Å². The third-order valence-electron chi connectivity index (χ3n) is 3.95. The van der Waals surface area contributed by atoms with E-state index in [1.54, 1.807) is 6.08 Å². The summed E-state index contributed by atoms with van der Waals surface area (Å²) in [5, 5.41) is 9.00. The van der Waals surface area contributed by atoms with E-state index in [0.717, 1.165) is 36.8 Å². The van der Waals surface area contributed by atoms with Crippen molar-refractivity contribution in [2.75, 3.05) is 6.54 Å². The van der Waals surface area contributed by atoms with Gasteiger partial charge in [-0.25, -0.2) is 0 Å². The number of amides is 1. The lowest BCUT2D eigenvalue weighted by Gasteiger charge is -2.26. The van der Waals surface area contributed by atoms with Crippen LogP contribution in [-0.4, -0.2) is 34.5 Å². The highest BCUT2D eigenvalue weighted by atomic mass is 16.4. The Morgan fingerprint density at radius 3 is 2.57 bits per heavy atom. The molecule has 0 aromatic heterocycles. The first-order valence-electron chi connectivity index (χ1n) is 7.34. The maximum absolute atomic E-state index is 12.3. The molecule has 1 aromatic rings. The van der Waals surface area contributed by atoms with Gasteiger partial charge in [-0.1, -0.05) is 37.1 Å². The second-order valence-electron chi connectivity index (χ2n) is 5.49. The van der Waals surface area contributed by atoms with Crippen LogP contribution in [0.5, 0.6) is 0 Å². The standard InChI is InChI=1S/C17H21NO3/c1-13-6-2-3-7-14(13)10-11-16(19)18(12-17(20)21)15-8-4-5-9-15/h2-3,6-7,10-11,15H,4-5,8-9,12H2,1H3,(H,20,21)/b11-10+. The molecule has 1 aromatic carbocycles. The lowest BCUT2D eigenvalue weighted by atomic mass is 10.1. The van der Waals surface area contributed by atoms with Crippen molar-refractivity contribution in [3.05, 3.63) is 41.5 Å². The van der Waals surface area contributed by atoms with E-state index >= 15 is 0 Å². The van der Waals surface area contributed by atoms with E-state index in [2.05, 4.69) is 0 Å². The van der Waals surface area contributed by atoms with Gasteiger partial charge < -0.3 is 10.0 Å². The van der Waals surface area contributed by atoms with Crippen LogP contribution in [0, 0.1) is 6.92 Å². The minimum atomic E-state index is -0.959. The third-order valence-corrected chi connectivity index (χ3v) is 3.95. The average Bonchev–Trinajstić information content (AvgIpc) is 2.97. The zero-order valence-electron chi connectivity index (χ0n) is 12.3. The lowest BCUT2D eigenvalue weighted by Crippen LogP contribution is -2.41. The van der Waals surface area contributed by atoms with Gasteiger partial charge in [0.05, 0.1) is 0 Å². The molecule has 0 bridgehead atoms. The molecule has 21 heavy (non-hydrogen) atoms. The molecule has 1 N–H and O–H groups in total. The molecule has 1 aliphatic rings. The van der Waals surface area contributed by atoms with Crippen LogP contribution in [0.3, 0.4) is 0 Å². The summed E-state index contributed by atoms with van der Waals surface area (Å²) in [5.41, 5.74) is 2.07. The summed E-state index contributed by atoms with van der Waals surface area (Å²) >= 11 is 0. The average molecular weight is 287 g/mol. The Balaban J connectivity index is 2.10. The number of aryl methyl sites for hydroxylation is 1. The molecule has 0 aliphatic heterocycles. The summed E-state index contributed by atoms with van der Waals surface area (Å²) in [6.07, 6.45) is 7.19. The molecule has 0 spiro atoms. The molecular weight excluding hydrogens is 266 g/mol. The molecule has 2 rings (SSSR count). The van der Waals surface area contributed by atoms with E-state index in [4.69, 9.17) is 5.11 Å². The molecule has 0 unspecified atom stereocenters. The van der Waals surface area contributed by atoms with Crippen molar-refractivity contribution in [3.63, 3.8) is 0 Å². The summed E-state index contributed by atoms with van der Waals surface area (Å²) in [7, 11) is 0. The van der Waals surface area contributed by atoms with E-state index < -0.39 is 5.97 Å². The first kappa shape index (κ1) is 15.3. The summed E-state index contributed by atoms with van der Waals surface area (Å²) in [4.78, 5) is 24.8. The molecule has 0 heterocycles. The van der Waals surface area contributed by atoms with Crippen LogP contribution in [0.25, 0.3) is 6.08 Å². The molecule has 0 atom stereocenters. The van der Waals surface area contributed by atoms with Gasteiger partial charge in [-0.2, -0.15) is 0 Å². The number of carbonyl (C=O) groups excluding carboxylic acids is 1. The molecule has 1 saturated carbocycles. The van der Waals surface area contributed by atoms with Crippen molar-refractivity contribution in [3.8, 4) is 0 Å². The van der Waals surface area contributed by atoms with Gasteiger partial charge in [0.25, 0.3) is 0 Å². The molecular formula is C17H21NO3. The largest absolute Gasteiger partial charge is 0.480 e. The third kappa shape index (κ3) is 4.18. The van der Waals surface area contributed by atoms with Crippen molar-refractivity contribution in [2.45, 2.75) is 38.6 Å². The van der Waals surface area contributed by atoms with Crippen LogP contribution in [0.15, 0.2) is 30.3 Å². The van der Waals surface area contributed by atoms with E-state index in [-0.39, 0.29) is 18.5 Å². The topological polar surface area (TPSA) is 57.6 Å². The van der Waals surface area contributed by atoms with E-state index in [9.17, 15) is 9.59 Å². The number of benzene rings is 1. The fourth-order valence-electron chi connectivity index (χ4n) is 2.78. The molecule has 1 amide bonds. The second-order valence-corrected chi connectivity index (χ2v) is 5.49. The number of nitrogens with zero attached hydrogens (tertiary/aromatic N) is 1. The summed E-state index contributed by atoms with van der Waals surface area (Å²) in [6, 6.07) is 7.86. The first-order valence-corrected chi connectivity index (χ1v) is 7.34. The number of hydrogen-bond acceptors (Lipinski definition) is 2. The maximum Gasteiger partial charge on any atom is 0.323 e. The number of carbonyl (C=O) groups is 2. The normalized spacial score (nSPS) is 15.5. The molecule has 0 radical (unpaired) electrons. The SMILES string of the molecule is Cc1ccccc1/C=C/C(=O)N(CC(=O)O)C1CCCC1. The second kappa shape index (κ2) is 7.07. The van der Waals surface area contributed by atoms with E-state index in [0.29, 0.717) is 0 Å². The fourth-order valence-corrected chi connectivity index (χ4v) is 2.78. The fraction of sp³-hybridized carbons (Fsp3) is 0.412. The van der Waals surface area contributed by atoms with Gasteiger partial charge in [0.2, 0.25) is 5.91 Å². The van der Waals surface area contributed by atoms with Crippen molar-refractivity contribution in [2.24, 2.45) is 0 Å². The Morgan fingerprint density at radius 1 is 1.29 bits per heavy atom. The van der Waals surface area contributed by atoms with Gasteiger partial charge in [-0.3, -0.25) is 9.59 Å². The lowest BCUT2D eigenvalue weighted by molar-refractivity contribution is -0.144. The van der Waals surface area contributed by atoms with Crippen LogP contribution in [0.4, 0.5) is 0 Å². The number of carboxylic acid groups (broad SMARTS) is 1. The van der Waals surface area contributed by atoms with E-state index in [1.807, 2.05) is 31.2 Å². The first-order chi connectivity index (χ1) is 10.1. The predicted octanol–water partition coefficient (Wildman–Crippen LogP) is 2.86. The van der Waals surface area contributed by atoms with Gasteiger partial charge in [-0.15, -0.1) is 0 Å². The van der Waals surface area contributed by atoms with Crippen molar-refractivity contribution in [1.82, 2.24) is 4.90 Å². The Labute approximate surface area is 125 Å². The smallest absolute Gasteiger partial charge is 0.323 e. The maximum atomic E-state index is 12.3. The quantitative estimate of drug-likeness (QED) is 0.847. The highest BCUT2D eigenvalue weighted by molar-refractivity contribution is 5.94. The van der Waals surface area contributed by atoms with Gasteiger partial charge >= 0.3 is 5.97 Å². The molecule has 112 valence electrons. The van der Waals surface area contributed by atoms with Crippen LogP contribution in [-0.2, 0) is 9.59 Å². The molecule has 1 fully saturated rings. The number of carboxylic acids is 1. The van der Waals surface area contributed by atoms with Gasteiger partial charge in [0.1, 0.15) is 6.54 Å². The molecule has 0 saturated heterocycles. The predicted molar refractivity (Wildman–Crippen MR) is 81.8 cm³/mol. The number of rotatable bonds is 5. The molecule has 4 nitrogen and oxygen atoms in total. The highest BCUT2D eigenvalue weighted by Crippen LogP contribution is 2.23. The van der Waals surface area contributed by atoms with Crippen LogP contribution >= 0.6 is 0 Å². The number of hydrogen-bond donors (Lipinski definition) is 1. The summed E-state index contributed by atoms with van der Waals surface area (Å²) < 4.78 is 0. The molecule has 1 aliphatic carbocycles. The van der Waals surface area contributed by atoms with Crippen molar-refractivity contribution < 1.29 is 14.7 Å². The zero-order valence-corrected chi connectivity index (χ0v) is 12.3. The zero-order chi connectivity index (χ0) is 15.2. The highest BCUT2D eigenvalue weighted by Gasteiger charge is 2.26. The van der Waals surface area contributed by atoms with Crippen molar-refractivity contribution in [1.29, 1.82) is 0 Å². The Morgan fingerprint density at radius 2 is 1.95 bits per heavy atom. The monoisotopic (exact) mass is 287 g/mol. The van der Waals surface area contributed by atoms with Crippen molar-refractivity contribution >= 4 is 18.0 Å². The van der Waals surface area contributed by atoms with Gasteiger partial charge in [0, 0.05) is 12.1 Å². The Bertz CT molecular complexity index is 545. The summed E-state index contributed by atoms with van der Waals surface area (Å²) in [5.74, 6) is -1.17. The summed E-state index contributed by atoms with van der Waals surface area (Å²) in [6.45, 7) is 1.76.